The molecule has 3 N–H and O–H groups in total. The van der Waals surface area contributed by atoms with Crippen molar-refractivity contribution in [3.8, 4) is 0 Å². The van der Waals surface area contributed by atoms with Crippen molar-refractivity contribution in [2.24, 2.45) is 17.6 Å². The third kappa shape index (κ3) is 3.65. The number of aliphatic hydroxyl groups excluding tert-OH is 1. The van der Waals surface area contributed by atoms with Crippen LogP contribution in [0.1, 0.15) is 46.0 Å². The molecule has 13 heavy (non-hydrogen) atoms. The van der Waals surface area contributed by atoms with Crippen molar-refractivity contribution < 1.29 is 5.11 Å². The van der Waals surface area contributed by atoms with Gasteiger partial charge in [-0.25, -0.2) is 0 Å². The van der Waals surface area contributed by atoms with E-state index >= 15 is 0 Å². The smallest absolute Gasteiger partial charge is 0.0540 e. The summed E-state index contributed by atoms with van der Waals surface area (Å²) in [5.74, 6) is 1.35. The van der Waals surface area contributed by atoms with Crippen molar-refractivity contribution in [3.63, 3.8) is 0 Å². The van der Waals surface area contributed by atoms with Crippen LogP contribution in [-0.4, -0.2) is 17.3 Å². The van der Waals surface area contributed by atoms with Gasteiger partial charge in [0, 0.05) is 6.04 Å². The lowest BCUT2D eigenvalue weighted by atomic mass is 9.80. The summed E-state index contributed by atoms with van der Waals surface area (Å²) in [4.78, 5) is 0. The molecule has 1 aliphatic carbocycles. The summed E-state index contributed by atoms with van der Waals surface area (Å²) in [6.45, 7) is 4.44. The second kappa shape index (κ2) is 4.97. The van der Waals surface area contributed by atoms with Gasteiger partial charge in [-0.05, 0) is 43.9 Å². The fourth-order valence-corrected chi connectivity index (χ4v) is 2.27. The van der Waals surface area contributed by atoms with Crippen molar-refractivity contribution >= 4 is 0 Å². The molecular formula is C11H23NO. The van der Waals surface area contributed by atoms with E-state index in [0.29, 0.717) is 17.9 Å². The first kappa shape index (κ1) is 11.0. The Hall–Kier alpha value is -0.0800. The summed E-state index contributed by atoms with van der Waals surface area (Å²) >= 11 is 0. The van der Waals surface area contributed by atoms with E-state index in [1.807, 2.05) is 0 Å². The molecule has 0 saturated heterocycles. The topological polar surface area (TPSA) is 46.2 Å². The van der Waals surface area contributed by atoms with Crippen LogP contribution in [0.25, 0.3) is 0 Å². The highest BCUT2D eigenvalue weighted by Gasteiger charge is 2.24. The highest BCUT2D eigenvalue weighted by Crippen LogP contribution is 2.28. The molecule has 0 aromatic rings. The predicted octanol–water partition coefficient (Wildman–Crippen LogP) is 1.91. The third-order valence-electron chi connectivity index (χ3n) is 3.09. The number of aliphatic hydroxyl groups is 1. The normalized spacial score (nSPS) is 32.1. The first-order valence-electron chi connectivity index (χ1n) is 5.53. The van der Waals surface area contributed by atoms with Gasteiger partial charge in [-0.15, -0.1) is 0 Å². The molecule has 0 spiro atoms. The number of nitrogens with two attached hydrogens (primary N) is 1. The molecule has 0 bridgehead atoms. The van der Waals surface area contributed by atoms with E-state index in [4.69, 9.17) is 5.73 Å². The minimum absolute atomic E-state index is 0.0532. The van der Waals surface area contributed by atoms with E-state index in [1.165, 1.54) is 0 Å². The summed E-state index contributed by atoms with van der Waals surface area (Å²) in [6, 6.07) is 0.354. The minimum atomic E-state index is -0.0532. The van der Waals surface area contributed by atoms with Gasteiger partial charge in [0.25, 0.3) is 0 Å². The Labute approximate surface area is 81.5 Å². The predicted molar refractivity (Wildman–Crippen MR) is 55.4 cm³/mol. The summed E-state index contributed by atoms with van der Waals surface area (Å²) in [7, 11) is 0. The molecule has 0 aromatic heterocycles. The van der Waals surface area contributed by atoms with E-state index in [-0.39, 0.29) is 6.10 Å². The zero-order valence-electron chi connectivity index (χ0n) is 8.87. The zero-order valence-corrected chi connectivity index (χ0v) is 8.87. The van der Waals surface area contributed by atoms with Gasteiger partial charge in [0.2, 0.25) is 0 Å². The molecular weight excluding hydrogens is 162 g/mol. The highest BCUT2D eigenvalue weighted by molar-refractivity contribution is 4.80. The Bertz CT molecular complexity index is 139. The van der Waals surface area contributed by atoms with Crippen molar-refractivity contribution in [2.75, 3.05) is 0 Å². The van der Waals surface area contributed by atoms with Crippen LogP contribution in [0.3, 0.4) is 0 Å². The summed E-state index contributed by atoms with van der Waals surface area (Å²) in [5.41, 5.74) is 6.11. The van der Waals surface area contributed by atoms with Gasteiger partial charge in [0.15, 0.2) is 0 Å². The maximum Gasteiger partial charge on any atom is 0.0540 e. The minimum Gasteiger partial charge on any atom is -0.393 e. The Morgan fingerprint density at radius 3 is 2.23 bits per heavy atom. The highest BCUT2D eigenvalue weighted by atomic mass is 16.3. The molecule has 1 rings (SSSR count). The van der Waals surface area contributed by atoms with Crippen LogP contribution in [0, 0.1) is 11.8 Å². The largest absolute Gasteiger partial charge is 0.393 e. The molecule has 0 aliphatic heterocycles. The van der Waals surface area contributed by atoms with Crippen LogP contribution >= 0.6 is 0 Å². The van der Waals surface area contributed by atoms with Crippen LogP contribution in [-0.2, 0) is 0 Å². The summed E-state index contributed by atoms with van der Waals surface area (Å²) < 4.78 is 0. The lowest BCUT2D eigenvalue weighted by Gasteiger charge is -2.30. The van der Waals surface area contributed by atoms with Crippen LogP contribution in [0.4, 0.5) is 0 Å². The first-order chi connectivity index (χ1) is 6.09. The maximum absolute atomic E-state index is 9.35. The SMILES string of the molecule is CC(C)CC(N)C1CCC(O)CC1. The fourth-order valence-electron chi connectivity index (χ4n) is 2.27. The Balaban J connectivity index is 2.27. The fraction of sp³-hybridized carbons (Fsp3) is 1.00. The molecule has 2 heteroatoms. The molecule has 1 saturated carbocycles. The van der Waals surface area contributed by atoms with Crippen molar-refractivity contribution in [1.82, 2.24) is 0 Å². The molecule has 2 nitrogen and oxygen atoms in total. The summed E-state index contributed by atoms with van der Waals surface area (Å²) in [5, 5.41) is 9.35. The second-order valence-electron chi connectivity index (χ2n) is 4.86. The van der Waals surface area contributed by atoms with E-state index in [2.05, 4.69) is 13.8 Å². The van der Waals surface area contributed by atoms with E-state index < -0.39 is 0 Å². The van der Waals surface area contributed by atoms with E-state index in [0.717, 1.165) is 32.1 Å². The van der Waals surface area contributed by atoms with Crippen molar-refractivity contribution in [3.05, 3.63) is 0 Å². The quantitative estimate of drug-likeness (QED) is 0.705. The molecule has 1 unspecified atom stereocenters. The lowest BCUT2D eigenvalue weighted by Crippen LogP contribution is -2.35. The molecule has 1 atom stereocenters. The molecule has 1 aliphatic rings. The number of hydrogen-bond acceptors (Lipinski definition) is 2. The second-order valence-corrected chi connectivity index (χ2v) is 4.86. The van der Waals surface area contributed by atoms with Crippen molar-refractivity contribution in [1.29, 1.82) is 0 Å². The van der Waals surface area contributed by atoms with Gasteiger partial charge in [-0.3, -0.25) is 0 Å². The molecule has 1 fully saturated rings. The molecule has 0 amide bonds. The standard InChI is InChI=1S/C11H23NO/c1-8(2)7-11(12)9-3-5-10(13)6-4-9/h8-11,13H,3-7,12H2,1-2H3. The average Bonchev–Trinajstić information content (AvgIpc) is 2.04. The van der Waals surface area contributed by atoms with Crippen LogP contribution in [0.2, 0.25) is 0 Å². The van der Waals surface area contributed by atoms with Crippen LogP contribution in [0.15, 0.2) is 0 Å². The Kier molecular flexibility index (Phi) is 4.20. The molecule has 0 radical (unpaired) electrons. The van der Waals surface area contributed by atoms with Crippen LogP contribution in [0.5, 0.6) is 0 Å². The average molecular weight is 185 g/mol. The molecule has 78 valence electrons. The Morgan fingerprint density at radius 1 is 1.23 bits per heavy atom. The number of rotatable bonds is 3. The van der Waals surface area contributed by atoms with Crippen molar-refractivity contribution in [2.45, 2.75) is 58.1 Å². The van der Waals surface area contributed by atoms with E-state index in [9.17, 15) is 5.11 Å². The third-order valence-corrected chi connectivity index (χ3v) is 3.09. The summed E-state index contributed by atoms with van der Waals surface area (Å²) in [6.07, 6.45) is 5.22. The maximum atomic E-state index is 9.35. The van der Waals surface area contributed by atoms with Gasteiger partial charge in [0.1, 0.15) is 0 Å². The Morgan fingerprint density at radius 2 is 1.77 bits per heavy atom. The molecule has 0 aromatic carbocycles. The van der Waals surface area contributed by atoms with Gasteiger partial charge in [0.05, 0.1) is 6.10 Å². The van der Waals surface area contributed by atoms with Gasteiger partial charge in [-0.1, -0.05) is 13.8 Å². The van der Waals surface area contributed by atoms with Gasteiger partial charge < -0.3 is 10.8 Å². The number of hydrogen-bond donors (Lipinski definition) is 2. The van der Waals surface area contributed by atoms with Gasteiger partial charge in [-0.2, -0.15) is 0 Å². The molecule has 0 heterocycles. The van der Waals surface area contributed by atoms with Gasteiger partial charge >= 0.3 is 0 Å². The lowest BCUT2D eigenvalue weighted by molar-refractivity contribution is 0.0993. The monoisotopic (exact) mass is 185 g/mol. The first-order valence-corrected chi connectivity index (χ1v) is 5.53. The van der Waals surface area contributed by atoms with E-state index in [1.54, 1.807) is 0 Å². The van der Waals surface area contributed by atoms with Crippen LogP contribution < -0.4 is 5.73 Å². The zero-order chi connectivity index (χ0) is 9.84.